The number of hydrogen-bond donors (Lipinski definition) is 0. The van der Waals surface area contributed by atoms with Crippen molar-refractivity contribution in [3.05, 3.63) is 183 Å². The molecule has 0 spiro atoms. The molecule has 0 radical (unpaired) electrons. The summed E-state index contributed by atoms with van der Waals surface area (Å²) in [4.78, 5) is 0. The van der Waals surface area contributed by atoms with Crippen LogP contribution in [0.25, 0.3) is 33.4 Å². The van der Waals surface area contributed by atoms with Crippen molar-refractivity contribution >= 4 is 58.7 Å². The molecule has 0 N–H and O–H groups in total. The monoisotopic (exact) mass is 806 g/mol. The zero-order valence-corrected chi connectivity index (χ0v) is 36.7. The minimum Gasteiger partial charge on any atom is -0.147 e. The second-order valence-corrected chi connectivity index (χ2v) is 23.1. The van der Waals surface area contributed by atoms with E-state index in [1.807, 2.05) is 0 Å². The molecular formula is C48H49Cl3SiTi. The van der Waals surface area contributed by atoms with Gasteiger partial charge in [0.15, 0.2) is 0 Å². The molecule has 0 saturated carbocycles. The van der Waals surface area contributed by atoms with Gasteiger partial charge in [-0.15, -0.1) is 37.2 Å². The zero-order valence-electron chi connectivity index (χ0n) is 31.7. The Morgan fingerprint density at radius 3 is 1.02 bits per heavy atom. The van der Waals surface area contributed by atoms with Gasteiger partial charge in [0.25, 0.3) is 0 Å². The normalized spacial score (nSPS) is 13.9. The van der Waals surface area contributed by atoms with Crippen LogP contribution < -0.4 is 15.6 Å². The summed E-state index contributed by atoms with van der Waals surface area (Å²) in [5.41, 5.74) is 16.5. The number of halogens is 3. The van der Waals surface area contributed by atoms with Crippen LogP contribution >= 0.6 is 37.2 Å². The Kier molecular flexibility index (Phi) is 14.2. The van der Waals surface area contributed by atoms with Crippen LogP contribution in [0.5, 0.6) is 0 Å². The Balaban J connectivity index is 0.00000209. The van der Waals surface area contributed by atoms with Crippen molar-refractivity contribution in [2.24, 2.45) is 5.92 Å². The molecule has 0 heterocycles. The maximum atomic E-state index is 2.59. The van der Waals surface area contributed by atoms with E-state index in [2.05, 4.69) is 194 Å². The fraction of sp³-hybridized carbons (Fsp3) is 0.167. The van der Waals surface area contributed by atoms with Crippen LogP contribution in [0.3, 0.4) is 0 Å². The topological polar surface area (TPSA) is 0 Å². The Morgan fingerprint density at radius 2 is 0.736 bits per heavy atom. The van der Waals surface area contributed by atoms with Gasteiger partial charge in [0.05, 0.1) is 0 Å². The molecule has 1 aliphatic rings. The molecule has 1 aliphatic carbocycles. The third-order valence-electron chi connectivity index (χ3n) is 11.0. The second kappa shape index (κ2) is 17.8. The van der Waals surface area contributed by atoms with Crippen molar-refractivity contribution in [2.75, 3.05) is 0 Å². The molecule has 0 amide bonds. The predicted molar refractivity (Wildman–Crippen MR) is 236 cm³/mol. The van der Waals surface area contributed by atoms with Crippen molar-refractivity contribution in [3.63, 3.8) is 0 Å². The molecular weight excluding hydrogens is 759 g/mol. The summed E-state index contributed by atoms with van der Waals surface area (Å²) in [6, 6.07) is 55.5. The Bertz CT molecular complexity index is 2050. The van der Waals surface area contributed by atoms with Gasteiger partial charge in [-0.1, -0.05) is 0 Å². The van der Waals surface area contributed by atoms with E-state index < -0.39 is 24.3 Å². The summed E-state index contributed by atoms with van der Waals surface area (Å²) in [5.74, 6) is -2.42. The van der Waals surface area contributed by atoms with Crippen LogP contribution in [0.1, 0.15) is 44.4 Å². The van der Waals surface area contributed by atoms with Crippen molar-refractivity contribution in [1.82, 2.24) is 0 Å². The molecule has 6 aromatic rings. The minimum absolute atomic E-state index is 0. The van der Waals surface area contributed by atoms with Gasteiger partial charge in [0, 0.05) is 0 Å². The van der Waals surface area contributed by atoms with Crippen molar-refractivity contribution in [1.29, 1.82) is 0 Å². The van der Waals surface area contributed by atoms with Crippen molar-refractivity contribution in [2.45, 2.75) is 48.5 Å². The smallest absolute Gasteiger partial charge is 0.147 e. The van der Waals surface area contributed by atoms with E-state index in [-0.39, 0.29) is 37.2 Å². The number of benzene rings is 6. The van der Waals surface area contributed by atoms with E-state index in [1.54, 1.807) is 19.4 Å². The fourth-order valence-corrected chi connectivity index (χ4v) is 22.4. The Morgan fingerprint density at radius 1 is 0.415 bits per heavy atom. The minimum atomic E-state index is -2.87. The third-order valence-corrected chi connectivity index (χ3v) is 23.3. The standard InChI is InChI=1S/C39H33Si.C9H13.3ClH.Ti/c1-28-19-22-34(31-13-7-4-8-14-31)37(25-28)40(38-26-29(2)20-23-35(38)32-15-9-5-10-16-32)39-27-30(3)21-24-36(39)33-17-11-6-12-18-33;1-6-5-7(2)9(4)8(6)3;;;;/h4-27H,1-3H3;6H,1-4H3;3*1H;. The maximum absolute atomic E-state index is 2.87. The van der Waals surface area contributed by atoms with Crippen LogP contribution in [-0.2, 0) is 18.4 Å². The van der Waals surface area contributed by atoms with Crippen LogP contribution in [0, 0.1) is 26.7 Å². The third kappa shape index (κ3) is 8.04. The van der Waals surface area contributed by atoms with Gasteiger partial charge in [-0.25, -0.2) is 0 Å². The van der Waals surface area contributed by atoms with Gasteiger partial charge in [-0.05, 0) is 0 Å². The van der Waals surface area contributed by atoms with Gasteiger partial charge in [0.2, 0.25) is 0 Å². The molecule has 0 saturated heterocycles. The first-order valence-corrected chi connectivity index (χ1v) is 23.0. The summed E-state index contributed by atoms with van der Waals surface area (Å²) in [7, 11) is 0. The van der Waals surface area contributed by atoms with Gasteiger partial charge in [-0.2, -0.15) is 0 Å². The van der Waals surface area contributed by atoms with Crippen LogP contribution in [0.15, 0.2) is 166 Å². The molecule has 0 aromatic heterocycles. The summed E-state index contributed by atoms with van der Waals surface area (Å²) in [6.07, 6.45) is 0. The summed E-state index contributed by atoms with van der Waals surface area (Å²) in [5, 5.41) is 4.64. The molecule has 0 bridgehead atoms. The molecule has 6 aromatic carbocycles. The van der Waals surface area contributed by atoms with Gasteiger partial charge in [0.1, 0.15) is 0 Å². The van der Waals surface area contributed by atoms with Gasteiger partial charge < -0.3 is 0 Å². The first-order valence-electron chi connectivity index (χ1n) is 17.9. The molecule has 5 heteroatoms. The average molecular weight is 808 g/mol. The van der Waals surface area contributed by atoms with Crippen molar-refractivity contribution < 1.29 is 18.4 Å². The molecule has 1 unspecified atom stereocenters. The van der Waals surface area contributed by atoms with Crippen LogP contribution in [0.4, 0.5) is 0 Å². The number of aryl methyl sites for hydroxylation is 3. The maximum Gasteiger partial charge on any atom is -0.147 e. The van der Waals surface area contributed by atoms with E-state index in [4.69, 9.17) is 0 Å². The van der Waals surface area contributed by atoms with E-state index in [0.29, 0.717) is 5.92 Å². The molecule has 7 rings (SSSR count). The van der Waals surface area contributed by atoms with E-state index in [0.717, 1.165) is 0 Å². The zero-order chi connectivity index (χ0) is 35.0. The first kappa shape index (κ1) is 42.3. The number of rotatable bonds is 8. The predicted octanol–water partition coefficient (Wildman–Crippen LogP) is 12.2. The fourth-order valence-electron chi connectivity index (χ4n) is 7.92. The van der Waals surface area contributed by atoms with Crippen LogP contribution in [-0.4, -0.2) is 5.94 Å². The number of hydrogen-bond acceptors (Lipinski definition) is 0. The molecule has 0 aliphatic heterocycles. The first-order chi connectivity index (χ1) is 24.2. The SMILES string of the molecule is CC1=C(C)C(C)[C]([Ti][Si](c2cc(C)ccc2-c2ccccc2)(c2cc(C)ccc2-c2ccccc2)c2cc(C)ccc2-c2ccccc2)=C1C.Cl.Cl.Cl. The summed E-state index contributed by atoms with van der Waals surface area (Å²) >= 11 is -0.807. The average Bonchev–Trinajstić information content (AvgIpc) is 3.32. The molecule has 1 atom stereocenters. The molecule has 0 nitrogen and oxygen atoms in total. The van der Waals surface area contributed by atoms with E-state index in [9.17, 15) is 0 Å². The van der Waals surface area contributed by atoms with E-state index >= 15 is 0 Å². The Labute approximate surface area is 345 Å². The number of allylic oxidation sites excluding steroid dienone is 4. The molecule has 270 valence electrons. The van der Waals surface area contributed by atoms with Gasteiger partial charge >= 0.3 is 311 Å². The van der Waals surface area contributed by atoms with Crippen LogP contribution in [0.2, 0.25) is 0 Å². The molecule has 0 fully saturated rings. The quantitative estimate of drug-likeness (QED) is 0.106. The summed E-state index contributed by atoms with van der Waals surface area (Å²) in [6.45, 7) is 16.5. The Hall–Kier alpha value is -3.40. The largest absolute Gasteiger partial charge is 0.147 e. The molecule has 53 heavy (non-hydrogen) atoms. The van der Waals surface area contributed by atoms with Crippen molar-refractivity contribution in [3.8, 4) is 33.4 Å². The summed E-state index contributed by atoms with van der Waals surface area (Å²) < 4.78 is 1.72. The second-order valence-electron chi connectivity index (χ2n) is 14.2. The van der Waals surface area contributed by atoms with E-state index in [1.165, 1.54) is 66.8 Å². The van der Waals surface area contributed by atoms with Gasteiger partial charge in [-0.3, -0.25) is 0 Å².